The molecule has 0 spiro atoms. The molecule has 0 fully saturated rings. The van der Waals surface area contributed by atoms with Crippen LogP contribution in [0.25, 0.3) is 0 Å². The molecule has 0 aromatic heterocycles. The van der Waals surface area contributed by atoms with Crippen LogP contribution in [0.2, 0.25) is 0 Å². The molecule has 3 heteroatoms. The van der Waals surface area contributed by atoms with E-state index in [-0.39, 0.29) is 0 Å². The van der Waals surface area contributed by atoms with E-state index in [2.05, 4.69) is 27.7 Å². The molecule has 0 radical (unpaired) electrons. The molecule has 0 aliphatic heterocycles. The predicted molar refractivity (Wildman–Crippen MR) is 128 cm³/mol. The second-order valence-electron chi connectivity index (χ2n) is 8.79. The minimum Gasteiger partial charge on any atom is -0.219 e. The second-order valence-corrected chi connectivity index (χ2v) is 10.7. The van der Waals surface area contributed by atoms with Crippen molar-refractivity contribution in [2.45, 2.75) is 107 Å². The van der Waals surface area contributed by atoms with E-state index in [4.69, 9.17) is 0 Å². The summed E-state index contributed by atoms with van der Waals surface area (Å²) in [5, 5.41) is 0. The van der Waals surface area contributed by atoms with Gasteiger partial charge in [-0.05, 0) is 60.1 Å². The Hall–Kier alpha value is -1.61. The Balaban J connectivity index is 2.04. The summed E-state index contributed by atoms with van der Waals surface area (Å²) >= 11 is 0. The van der Waals surface area contributed by atoms with Gasteiger partial charge in [0.2, 0.25) is 9.84 Å². The van der Waals surface area contributed by atoms with E-state index >= 15 is 0 Å². The van der Waals surface area contributed by atoms with Crippen molar-refractivity contribution in [1.29, 1.82) is 0 Å². The van der Waals surface area contributed by atoms with Gasteiger partial charge in [0.15, 0.2) is 0 Å². The van der Waals surface area contributed by atoms with Gasteiger partial charge >= 0.3 is 0 Å². The molecule has 2 aromatic carbocycles. The van der Waals surface area contributed by atoms with Gasteiger partial charge in [-0.25, -0.2) is 8.42 Å². The molecule has 0 aliphatic rings. The van der Waals surface area contributed by atoms with Crippen LogP contribution in [-0.2, 0) is 9.84 Å². The van der Waals surface area contributed by atoms with Crippen LogP contribution in [0.5, 0.6) is 0 Å². The van der Waals surface area contributed by atoms with Crippen molar-refractivity contribution in [2.75, 3.05) is 0 Å². The fourth-order valence-corrected chi connectivity index (χ4v) is 5.26. The van der Waals surface area contributed by atoms with Gasteiger partial charge in [-0.15, -0.1) is 0 Å². The zero-order valence-electron chi connectivity index (χ0n) is 19.4. The largest absolute Gasteiger partial charge is 0.219 e. The Kier molecular flexibility index (Phi) is 10.1. The first-order chi connectivity index (χ1) is 14.4. The van der Waals surface area contributed by atoms with Gasteiger partial charge in [-0.3, -0.25) is 0 Å². The highest BCUT2D eigenvalue weighted by atomic mass is 32.2. The number of hydrogen-bond donors (Lipinski definition) is 0. The van der Waals surface area contributed by atoms with E-state index in [1.807, 2.05) is 24.3 Å². The summed E-state index contributed by atoms with van der Waals surface area (Å²) in [5.74, 6) is 0.929. The topological polar surface area (TPSA) is 34.1 Å². The van der Waals surface area contributed by atoms with Gasteiger partial charge in [0.25, 0.3) is 0 Å². The molecule has 0 amide bonds. The van der Waals surface area contributed by atoms with Gasteiger partial charge in [0.05, 0.1) is 9.79 Å². The number of benzene rings is 2. The van der Waals surface area contributed by atoms with Crippen LogP contribution < -0.4 is 0 Å². The van der Waals surface area contributed by atoms with Crippen LogP contribution in [0.15, 0.2) is 58.3 Å². The highest BCUT2D eigenvalue weighted by molar-refractivity contribution is 7.91. The third-order valence-electron chi connectivity index (χ3n) is 6.25. The number of sulfone groups is 1. The summed E-state index contributed by atoms with van der Waals surface area (Å²) in [6, 6.07) is 15.0. The van der Waals surface area contributed by atoms with E-state index in [0.717, 1.165) is 12.8 Å². The summed E-state index contributed by atoms with van der Waals surface area (Å²) < 4.78 is 26.1. The minimum atomic E-state index is -3.47. The Labute approximate surface area is 185 Å². The van der Waals surface area contributed by atoms with Crippen molar-refractivity contribution >= 4 is 9.84 Å². The van der Waals surface area contributed by atoms with E-state index in [9.17, 15) is 8.42 Å². The Morgan fingerprint density at radius 1 is 0.600 bits per heavy atom. The zero-order valence-corrected chi connectivity index (χ0v) is 20.2. The molecule has 0 saturated heterocycles. The molecule has 2 rings (SSSR count). The molecular formula is C27H40O2S. The molecule has 166 valence electrons. The molecule has 0 bridgehead atoms. The number of rotatable bonds is 13. The SMILES string of the molecule is CCCCCCC(C)c1ccc(S(=O)(=O)c2ccc(C(C)CCCCC)cc2)cc1. The molecule has 0 heterocycles. The van der Waals surface area contributed by atoms with Crippen molar-refractivity contribution in [1.82, 2.24) is 0 Å². The maximum absolute atomic E-state index is 13.1. The van der Waals surface area contributed by atoms with Crippen LogP contribution in [0.4, 0.5) is 0 Å². The molecular weight excluding hydrogens is 388 g/mol. The molecule has 30 heavy (non-hydrogen) atoms. The fourth-order valence-electron chi connectivity index (χ4n) is 4.00. The van der Waals surface area contributed by atoms with Crippen LogP contribution in [-0.4, -0.2) is 8.42 Å². The molecule has 0 saturated carbocycles. The second kappa shape index (κ2) is 12.3. The highest BCUT2D eigenvalue weighted by Gasteiger charge is 2.18. The van der Waals surface area contributed by atoms with Crippen molar-refractivity contribution < 1.29 is 8.42 Å². The lowest BCUT2D eigenvalue weighted by Crippen LogP contribution is -2.03. The molecule has 0 N–H and O–H groups in total. The van der Waals surface area contributed by atoms with E-state index < -0.39 is 9.84 Å². The summed E-state index contributed by atoms with van der Waals surface area (Å²) in [6.07, 6.45) is 11.1. The lowest BCUT2D eigenvalue weighted by molar-refractivity contribution is 0.579. The van der Waals surface area contributed by atoms with Gasteiger partial charge in [-0.2, -0.15) is 0 Å². The van der Waals surface area contributed by atoms with E-state index in [1.54, 1.807) is 24.3 Å². The van der Waals surface area contributed by atoms with E-state index in [0.29, 0.717) is 21.6 Å². The Morgan fingerprint density at radius 3 is 1.37 bits per heavy atom. The van der Waals surface area contributed by atoms with Crippen LogP contribution >= 0.6 is 0 Å². The predicted octanol–water partition coefficient (Wildman–Crippen LogP) is 8.28. The first-order valence-corrected chi connectivity index (χ1v) is 13.3. The van der Waals surface area contributed by atoms with Crippen molar-refractivity contribution in [2.24, 2.45) is 0 Å². The van der Waals surface area contributed by atoms with Crippen molar-refractivity contribution in [3.63, 3.8) is 0 Å². The summed E-state index contributed by atoms with van der Waals surface area (Å²) in [5.41, 5.74) is 2.44. The lowest BCUT2D eigenvalue weighted by Gasteiger charge is -2.14. The summed E-state index contributed by atoms with van der Waals surface area (Å²) in [4.78, 5) is 0.764. The lowest BCUT2D eigenvalue weighted by atomic mass is 9.95. The molecule has 2 nitrogen and oxygen atoms in total. The summed E-state index contributed by atoms with van der Waals surface area (Å²) in [6.45, 7) is 8.90. The molecule has 0 aliphatic carbocycles. The normalized spacial score (nSPS) is 13.9. The maximum atomic E-state index is 13.1. The molecule has 2 aromatic rings. The highest BCUT2D eigenvalue weighted by Crippen LogP contribution is 2.28. The van der Waals surface area contributed by atoms with Crippen molar-refractivity contribution in [3.8, 4) is 0 Å². The standard InChI is InChI=1S/C27H40O2S/c1-5-7-9-11-13-23(4)25-16-20-27(21-17-25)30(28,29)26-18-14-24(15-19-26)22(3)12-10-8-6-2/h14-23H,5-13H2,1-4H3. The van der Waals surface area contributed by atoms with Crippen molar-refractivity contribution in [3.05, 3.63) is 59.7 Å². The Bertz CT molecular complexity index is 835. The monoisotopic (exact) mass is 428 g/mol. The summed E-state index contributed by atoms with van der Waals surface area (Å²) in [7, 11) is -3.47. The fraction of sp³-hybridized carbons (Fsp3) is 0.556. The van der Waals surface area contributed by atoms with Gasteiger partial charge in [0, 0.05) is 0 Å². The smallest absolute Gasteiger partial charge is 0.206 e. The first-order valence-electron chi connectivity index (χ1n) is 11.8. The third kappa shape index (κ3) is 6.97. The third-order valence-corrected chi connectivity index (χ3v) is 8.04. The zero-order chi connectivity index (χ0) is 22.0. The minimum absolute atomic E-state index is 0.382. The van der Waals surface area contributed by atoms with Crippen LogP contribution in [0.3, 0.4) is 0 Å². The van der Waals surface area contributed by atoms with Gasteiger partial charge in [0.1, 0.15) is 0 Å². The number of hydrogen-bond acceptors (Lipinski definition) is 2. The molecule has 2 unspecified atom stereocenters. The van der Waals surface area contributed by atoms with E-state index in [1.165, 1.54) is 56.1 Å². The van der Waals surface area contributed by atoms with Crippen LogP contribution in [0, 0.1) is 0 Å². The quantitative estimate of drug-likeness (QED) is 0.301. The molecule has 2 atom stereocenters. The Morgan fingerprint density at radius 2 is 0.967 bits per heavy atom. The van der Waals surface area contributed by atoms with Gasteiger partial charge in [-0.1, -0.05) is 96.9 Å². The van der Waals surface area contributed by atoms with Gasteiger partial charge < -0.3 is 0 Å². The van der Waals surface area contributed by atoms with Crippen LogP contribution in [0.1, 0.15) is 108 Å². The number of unbranched alkanes of at least 4 members (excludes halogenated alkanes) is 5. The maximum Gasteiger partial charge on any atom is 0.206 e. The average Bonchev–Trinajstić information content (AvgIpc) is 2.77. The average molecular weight is 429 g/mol. The first kappa shape index (κ1) is 24.7.